The lowest BCUT2D eigenvalue weighted by Gasteiger charge is -2.36. The van der Waals surface area contributed by atoms with E-state index in [2.05, 4.69) is 17.2 Å². The van der Waals surface area contributed by atoms with Crippen molar-refractivity contribution in [2.45, 2.75) is 49.5 Å². The summed E-state index contributed by atoms with van der Waals surface area (Å²) in [7, 11) is 0. The van der Waals surface area contributed by atoms with Gasteiger partial charge in [0.15, 0.2) is 5.78 Å². The molecule has 2 nitrogen and oxygen atoms in total. The Morgan fingerprint density at radius 3 is 2.67 bits per heavy atom. The van der Waals surface area contributed by atoms with E-state index in [0.29, 0.717) is 5.78 Å². The summed E-state index contributed by atoms with van der Waals surface area (Å²) < 4.78 is 0. The molecule has 3 heteroatoms. The van der Waals surface area contributed by atoms with Crippen LogP contribution in [0, 0.1) is 5.92 Å². The van der Waals surface area contributed by atoms with Gasteiger partial charge in [-0.3, -0.25) is 9.69 Å². The van der Waals surface area contributed by atoms with Crippen LogP contribution in [0.3, 0.4) is 0 Å². The Balaban J connectivity index is 1.71. The lowest BCUT2D eigenvalue weighted by molar-refractivity contribution is 0.0754. The van der Waals surface area contributed by atoms with Gasteiger partial charge in [0.1, 0.15) is 0 Å². The minimum atomic E-state index is 0.202. The number of carbonyl (C=O) groups is 1. The molecule has 0 radical (unpaired) electrons. The van der Waals surface area contributed by atoms with Gasteiger partial charge >= 0.3 is 0 Å². The number of likely N-dealkylation sites (tertiary alicyclic amines) is 1. The lowest BCUT2D eigenvalue weighted by atomic mass is 9.89. The Morgan fingerprint density at radius 2 is 1.90 bits per heavy atom. The van der Waals surface area contributed by atoms with Crippen LogP contribution in [0.5, 0.6) is 0 Å². The molecular weight excluding hydrogens is 278 g/mol. The number of thioether (sulfide) groups is 1. The summed E-state index contributed by atoms with van der Waals surface area (Å²) in [4.78, 5) is 16.6. The Labute approximate surface area is 132 Å². The molecule has 1 aromatic rings. The van der Waals surface area contributed by atoms with Crippen LogP contribution in [0.25, 0.3) is 0 Å². The first-order valence-corrected chi connectivity index (χ1v) is 9.43. The number of hydrogen-bond acceptors (Lipinski definition) is 3. The zero-order valence-corrected chi connectivity index (χ0v) is 13.7. The zero-order chi connectivity index (χ0) is 14.7. The van der Waals surface area contributed by atoms with Gasteiger partial charge in [0.05, 0.1) is 0 Å². The van der Waals surface area contributed by atoms with Gasteiger partial charge < -0.3 is 0 Å². The van der Waals surface area contributed by atoms with Crippen molar-refractivity contribution in [1.29, 1.82) is 0 Å². The van der Waals surface area contributed by atoms with Gasteiger partial charge in [0.2, 0.25) is 0 Å². The van der Waals surface area contributed by atoms with E-state index in [4.69, 9.17) is 0 Å². The number of Topliss-reactive ketones (excluding diaryl/α,β-unsaturated/α-hetero) is 1. The van der Waals surface area contributed by atoms with Gasteiger partial charge in [-0.25, -0.2) is 0 Å². The highest BCUT2D eigenvalue weighted by Gasteiger charge is 2.31. The van der Waals surface area contributed by atoms with E-state index in [1.54, 1.807) is 11.8 Å². The van der Waals surface area contributed by atoms with E-state index in [-0.39, 0.29) is 5.92 Å². The highest BCUT2D eigenvalue weighted by molar-refractivity contribution is 7.98. The molecule has 0 unspecified atom stereocenters. The van der Waals surface area contributed by atoms with Gasteiger partial charge in [-0.1, -0.05) is 31.0 Å². The number of piperidine rings is 1. The molecule has 3 rings (SSSR count). The Hall–Kier alpha value is -0.800. The minimum Gasteiger partial charge on any atom is -0.300 e. The first kappa shape index (κ1) is 15.1. The fourth-order valence-electron chi connectivity index (χ4n) is 3.89. The van der Waals surface area contributed by atoms with E-state index in [1.165, 1.54) is 38.6 Å². The Morgan fingerprint density at radius 1 is 1.14 bits per heavy atom. The third-order valence-corrected chi connectivity index (χ3v) is 5.83. The third kappa shape index (κ3) is 3.35. The van der Waals surface area contributed by atoms with Gasteiger partial charge in [-0.05, 0) is 44.6 Å². The first-order valence-electron chi connectivity index (χ1n) is 8.21. The normalized spacial score (nSPS) is 24.3. The number of carbonyl (C=O) groups excluding carboxylic acids is 1. The van der Waals surface area contributed by atoms with Crippen LogP contribution in [-0.2, 0) is 0 Å². The summed E-state index contributed by atoms with van der Waals surface area (Å²) >= 11 is 1.68. The summed E-state index contributed by atoms with van der Waals surface area (Å²) in [5.74, 6) is 0.565. The topological polar surface area (TPSA) is 20.3 Å². The molecule has 1 saturated carbocycles. The van der Waals surface area contributed by atoms with Crippen molar-refractivity contribution in [2.75, 3.05) is 19.3 Å². The molecule has 0 N–H and O–H groups in total. The van der Waals surface area contributed by atoms with E-state index >= 15 is 0 Å². The molecule has 0 amide bonds. The second-order valence-electron chi connectivity index (χ2n) is 6.34. The van der Waals surface area contributed by atoms with Crippen LogP contribution >= 0.6 is 11.8 Å². The molecule has 0 spiro atoms. The molecule has 1 aliphatic heterocycles. The van der Waals surface area contributed by atoms with E-state index < -0.39 is 0 Å². The van der Waals surface area contributed by atoms with Crippen LogP contribution in [0.2, 0.25) is 0 Å². The predicted molar refractivity (Wildman–Crippen MR) is 89.1 cm³/mol. The monoisotopic (exact) mass is 303 g/mol. The van der Waals surface area contributed by atoms with Crippen molar-refractivity contribution in [3.8, 4) is 0 Å². The van der Waals surface area contributed by atoms with Gasteiger partial charge in [-0.2, -0.15) is 0 Å². The maximum Gasteiger partial charge on any atom is 0.168 e. The molecule has 1 atom stereocenters. The van der Waals surface area contributed by atoms with Crippen LogP contribution in [0.4, 0.5) is 0 Å². The van der Waals surface area contributed by atoms with Crippen molar-refractivity contribution in [3.63, 3.8) is 0 Å². The zero-order valence-electron chi connectivity index (χ0n) is 12.9. The van der Waals surface area contributed by atoms with Gasteiger partial charge in [0.25, 0.3) is 0 Å². The maximum atomic E-state index is 12.9. The van der Waals surface area contributed by atoms with Crippen LogP contribution in [0.15, 0.2) is 29.2 Å². The summed E-state index contributed by atoms with van der Waals surface area (Å²) in [6, 6.07) is 8.83. The smallest absolute Gasteiger partial charge is 0.168 e. The van der Waals surface area contributed by atoms with Gasteiger partial charge in [0, 0.05) is 29.0 Å². The van der Waals surface area contributed by atoms with Crippen molar-refractivity contribution >= 4 is 17.5 Å². The summed E-state index contributed by atoms with van der Waals surface area (Å²) in [5.41, 5.74) is 0.934. The second-order valence-corrected chi connectivity index (χ2v) is 7.18. The fraction of sp³-hybridized carbons (Fsp3) is 0.611. The fourth-order valence-corrected chi connectivity index (χ4v) is 4.49. The molecule has 2 aliphatic rings. The number of ketones is 1. The average Bonchev–Trinajstić information content (AvgIpc) is 3.09. The first-order chi connectivity index (χ1) is 10.3. The van der Waals surface area contributed by atoms with E-state index in [1.807, 2.05) is 18.2 Å². The maximum absolute atomic E-state index is 12.9. The van der Waals surface area contributed by atoms with Crippen LogP contribution in [-0.4, -0.2) is 36.1 Å². The predicted octanol–water partition coefficient (Wildman–Crippen LogP) is 4.25. The van der Waals surface area contributed by atoms with Gasteiger partial charge in [-0.15, -0.1) is 11.8 Å². The van der Waals surface area contributed by atoms with Crippen molar-refractivity contribution in [2.24, 2.45) is 5.92 Å². The third-order valence-electron chi connectivity index (χ3n) is 5.04. The number of benzene rings is 1. The van der Waals surface area contributed by atoms with Crippen molar-refractivity contribution in [3.05, 3.63) is 29.8 Å². The molecule has 21 heavy (non-hydrogen) atoms. The quantitative estimate of drug-likeness (QED) is 0.613. The molecule has 2 fully saturated rings. The summed E-state index contributed by atoms with van der Waals surface area (Å²) in [6.45, 7) is 2.17. The van der Waals surface area contributed by atoms with Crippen LogP contribution < -0.4 is 0 Å². The number of nitrogens with zero attached hydrogens (tertiary/aromatic N) is 1. The highest BCUT2D eigenvalue weighted by Crippen LogP contribution is 2.30. The SMILES string of the molecule is CSc1ccccc1C(=O)[C@H]1CCCN(C2CCCC2)C1. The lowest BCUT2D eigenvalue weighted by Crippen LogP contribution is -2.43. The van der Waals surface area contributed by atoms with Crippen molar-refractivity contribution in [1.82, 2.24) is 4.90 Å². The highest BCUT2D eigenvalue weighted by atomic mass is 32.2. The second kappa shape index (κ2) is 6.97. The molecule has 1 heterocycles. The molecule has 1 aromatic carbocycles. The molecule has 1 saturated heterocycles. The summed E-state index contributed by atoms with van der Waals surface area (Å²) in [6.07, 6.45) is 9.70. The molecule has 1 aliphatic carbocycles. The average molecular weight is 303 g/mol. The van der Waals surface area contributed by atoms with E-state index in [9.17, 15) is 4.79 Å². The van der Waals surface area contributed by atoms with Crippen LogP contribution in [0.1, 0.15) is 48.9 Å². The largest absolute Gasteiger partial charge is 0.300 e. The molecule has 0 aromatic heterocycles. The number of rotatable bonds is 4. The standard InChI is InChI=1S/C18H25NOS/c1-21-17-11-5-4-10-16(17)18(20)14-7-6-12-19(13-14)15-8-2-3-9-15/h4-5,10-11,14-15H,2-3,6-9,12-13H2,1H3/t14-/m0/s1. The Bertz CT molecular complexity index is 496. The Kier molecular flexibility index (Phi) is 5.02. The van der Waals surface area contributed by atoms with E-state index in [0.717, 1.165) is 29.5 Å². The summed E-state index contributed by atoms with van der Waals surface area (Å²) in [5, 5.41) is 0. The molecular formula is C18H25NOS. The minimum absolute atomic E-state index is 0.202. The van der Waals surface area contributed by atoms with Crippen molar-refractivity contribution < 1.29 is 4.79 Å². The molecule has 0 bridgehead atoms. The molecule has 114 valence electrons. The number of hydrogen-bond donors (Lipinski definition) is 0.